The fourth-order valence-corrected chi connectivity index (χ4v) is 4.01. The average molecular weight is 298 g/mol. The van der Waals surface area contributed by atoms with Gasteiger partial charge in [-0.15, -0.1) is 0 Å². The Morgan fingerprint density at radius 3 is 2.09 bits per heavy atom. The van der Waals surface area contributed by atoms with Crippen LogP contribution in [-0.4, -0.2) is 0 Å². The van der Waals surface area contributed by atoms with Crippen molar-refractivity contribution in [3.05, 3.63) is 83.4 Å². The first-order chi connectivity index (χ1) is 11.1. The topological polar surface area (TPSA) is 0 Å². The zero-order valence-electron chi connectivity index (χ0n) is 14.1. The molecule has 0 saturated carbocycles. The van der Waals surface area contributed by atoms with Gasteiger partial charge in [-0.25, -0.2) is 0 Å². The molecular weight excluding hydrogens is 276 g/mol. The zero-order chi connectivity index (χ0) is 16.0. The number of rotatable bonds is 2. The minimum atomic E-state index is 0.0476. The molecule has 114 valence electrons. The van der Waals surface area contributed by atoms with Crippen LogP contribution in [0.4, 0.5) is 0 Å². The van der Waals surface area contributed by atoms with Crippen molar-refractivity contribution in [2.24, 2.45) is 0 Å². The highest BCUT2D eigenvalue weighted by molar-refractivity contribution is 5.88. The van der Waals surface area contributed by atoms with Crippen molar-refractivity contribution in [1.82, 2.24) is 0 Å². The van der Waals surface area contributed by atoms with Gasteiger partial charge in [0, 0.05) is 5.41 Å². The second-order valence-corrected chi connectivity index (χ2v) is 6.95. The monoisotopic (exact) mass is 298 g/mol. The second-order valence-electron chi connectivity index (χ2n) is 6.95. The fraction of sp³-hybridized carbons (Fsp3) is 0.217. The Labute approximate surface area is 138 Å². The summed E-state index contributed by atoms with van der Waals surface area (Å²) in [7, 11) is 0. The lowest BCUT2D eigenvalue weighted by molar-refractivity contribution is 0.662. The third-order valence-electron chi connectivity index (χ3n) is 5.25. The molecule has 0 aliphatic heterocycles. The number of fused-ring (bicyclic) bond motifs is 3. The zero-order valence-corrected chi connectivity index (χ0v) is 14.1. The lowest BCUT2D eigenvalue weighted by Gasteiger charge is -2.24. The molecule has 4 rings (SSSR count). The predicted molar refractivity (Wildman–Crippen MR) is 98.8 cm³/mol. The van der Waals surface area contributed by atoms with Crippen LogP contribution in [0.15, 0.2) is 66.7 Å². The maximum Gasteiger partial charge on any atom is 0.0165 e. The van der Waals surface area contributed by atoms with Gasteiger partial charge in [-0.3, -0.25) is 0 Å². The Bertz CT molecular complexity index is 867. The van der Waals surface area contributed by atoms with Gasteiger partial charge in [0.1, 0.15) is 0 Å². The molecule has 0 unspecified atom stereocenters. The Morgan fingerprint density at radius 1 is 0.696 bits per heavy atom. The van der Waals surface area contributed by atoms with E-state index < -0.39 is 0 Å². The molecular formula is C23H22. The van der Waals surface area contributed by atoms with Crippen LogP contribution >= 0.6 is 0 Å². The third kappa shape index (κ3) is 2.05. The van der Waals surface area contributed by atoms with Crippen LogP contribution in [0.5, 0.6) is 0 Å². The summed E-state index contributed by atoms with van der Waals surface area (Å²) in [6.45, 7) is 6.90. The first-order valence-electron chi connectivity index (χ1n) is 8.45. The van der Waals surface area contributed by atoms with Crippen LogP contribution < -0.4 is 0 Å². The summed E-state index contributed by atoms with van der Waals surface area (Å²) >= 11 is 0. The molecule has 0 fully saturated rings. The average Bonchev–Trinajstić information content (AvgIpc) is 2.84. The van der Waals surface area contributed by atoms with Crippen LogP contribution in [0.1, 0.15) is 37.5 Å². The van der Waals surface area contributed by atoms with E-state index >= 15 is 0 Å². The van der Waals surface area contributed by atoms with Gasteiger partial charge >= 0.3 is 0 Å². The first-order valence-corrected chi connectivity index (χ1v) is 8.45. The summed E-state index contributed by atoms with van der Waals surface area (Å²) in [5.41, 5.74) is 9.81. The number of aryl methyl sites for hydroxylation is 1. The van der Waals surface area contributed by atoms with Crippen molar-refractivity contribution in [1.29, 1.82) is 0 Å². The van der Waals surface area contributed by atoms with Gasteiger partial charge in [0.15, 0.2) is 0 Å². The van der Waals surface area contributed by atoms with Crippen molar-refractivity contribution in [3.63, 3.8) is 0 Å². The summed E-state index contributed by atoms with van der Waals surface area (Å²) in [4.78, 5) is 0. The minimum Gasteiger partial charge on any atom is -0.0619 e. The van der Waals surface area contributed by atoms with E-state index in [4.69, 9.17) is 0 Å². The molecule has 0 atom stereocenters. The highest BCUT2D eigenvalue weighted by atomic mass is 14.4. The predicted octanol–water partition coefficient (Wildman–Crippen LogP) is 6.22. The van der Waals surface area contributed by atoms with Crippen LogP contribution in [-0.2, 0) is 11.8 Å². The molecule has 1 aliphatic carbocycles. The molecule has 0 amide bonds. The van der Waals surface area contributed by atoms with Crippen LogP contribution in [0.2, 0.25) is 0 Å². The van der Waals surface area contributed by atoms with Gasteiger partial charge in [0.25, 0.3) is 0 Å². The molecule has 0 radical (unpaired) electrons. The molecule has 0 spiro atoms. The second kappa shape index (κ2) is 5.09. The summed E-state index contributed by atoms with van der Waals surface area (Å²) in [6.07, 6.45) is 1.09. The standard InChI is InChI=1S/C23H22/c1-4-16-12-14-17(15-13-16)18-9-7-10-20-19-8-5-6-11-21(19)23(2,3)22(18)20/h5-15H,4H2,1-3H3. The maximum absolute atomic E-state index is 2.35. The smallest absolute Gasteiger partial charge is 0.0165 e. The van der Waals surface area contributed by atoms with Gasteiger partial charge in [0.2, 0.25) is 0 Å². The van der Waals surface area contributed by atoms with Crippen molar-refractivity contribution in [2.45, 2.75) is 32.6 Å². The molecule has 23 heavy (non-hydrogen) atoms. The summed E-state index contributed by atoms with van der Waals surface area (Å²) in [5, 5.41) is 0. The Kier molecular flexibility index (Phi) is 3.16. The number of benzene rings is 3. The molecule has 0 N–H and O–H groups in total. The molecule has 0 heteroatoms. The summed E-state index contributed by atoms with van der Waals surface area (Å²) in [6, 6.07) is 24.6. The third-order valence-corrected chi connectivity index (χ3v) is 5.25. The first kappa shape index (κ1) is 14.3. The van der Waals surface area contributed by atoms with E-state index in [1.807, 2.05) is 0 Å². The Balaban J connectivity index is 1.96. The molecule has 0 nitrogen and oxygen atoms in total. The van der Waals surface area contributed by atoms with Gasteiger partial charge < -0.3 is 0 Å². The van der Waals surface area contributed by atoms with E-state index in [0.717, 1.165) is 6.42 Å². The normalized spacial score (nSPS) is 14.4. The highest BCUT2D eigenvalue weighted by Gasteiger charge is 2.36. The molecule has 3 aromatic rings. The van der Waals surface area contributed by atoms with Gasteiger partial charge in [-0.2, -0.15) is 0 Å². The van der Waals surface area contributed by atoms with Crippen molar-refractivity contribution in [2.75, 3.05) is 0 Å². The number of hydrogen-bond donors (Lipinski definition) is 0. The van der Waals surface area contributed by atoms with Gasteiger partial charge in [-0.05, 0) is 45.4 Å². The van der Waals surface area contributed by atoms with Gasteiger partial charge in [-0.1, -0.05) is 87.5 Å². The van der Waals surface area contributed by atoms with E-state index in [9.17, 15) is 0 Å². The molecule has 0 heterocycles. The maximum atomic E-state index is 2.35. The largest absolute Gasteiger partial charge is 0.0619 e. The summed E-state index contributed by atoms with van der Waals surface area (Å²) < 4.78 is 0. The minimum absolute atomic E-state index is 0.0476. The number of hydrogen-bond acceptors (Lipinski definition) is 0. The van der Waals surface area contributed by atoms with Crippen molar-refractivity contribution >= 4 is 0 Å². The van der Waals surface area contributed by atoms with Crippen LogP contribution in [0, 0.1) is 0 Å². The Morgan fingerprint density at radius 2 is 1.35 bits per heavy atom. The lowest BCUT2D eigenvalue weighted by Crippen LogP contribution is -2.16. The van der Waals surface area contributed by atoms with Gasteiger partial charge in [0.05, 0.1) is 0 Å². The van der Waals surface area contributed by atoms with E-state index in [-0.39, 0.29) is 5.41 Å². The Hall–Kier alpha value is -2.34. The van der Waals surface area contributed by atoms with E-state index in [1.165, 1.54) is 38.9 Å². The fourth-order valence-electron chi connectivity index (χ4n) is 4.01. The molecule has 0 saturated heterocycles. The molecule has 0 bridgehead atoms. The van der Waals surface area contributed by atoms with E-state index in [1.54, 1.807) is 0 Å². The van der Waals surface area contributed by atoms with Crippen molar-refractivity contribution in [3.8, 4) is 22.3 Å². The summed E-state index contributed by atoms with van der Waals surface area (Å²) in [5.74, 6) is 0. The van der Waals surface area contributed by atoms with E-state index in [0.29, 0.717) is 0 Å². The van der Waals surface area contributed by atoms with Crippen LogP contribution in [0.3, 0.4) is 0 Å². The van der Waals surface area contributed by atoms with Crippen LogP contribution in [0.25, 0.3) is 22.3 Å². The molecule has 0 aromatic heterocycles. The SMILES string of the molecule is CCc1ccc(-c2cccc3c2C(C)(C)c2ccccc2-3)cc1. The highest BCUT2D eigenvalue weighted by Crippen LogP contribution is 2.51. The van der Waals surface area contributed by atoms with E-state index in [2.05, 4.69) is 87.5 Å². The molecule has 1 aliphatic rings. The molecule has 3 aromatic carbocycles. The quantitative estimate of drug-likeness (QED) is 0.526. The lowest BCUT2D eigenvalue weighted by atomic mass is 9.79. The van der Waals surface area contributed by atoms with Crippen molar-refractivity contribution < 1.29 is 0 Å².